The SMILES string of the molecule is CSCCC(NC(=O)C(NC(=O)C(N)CCCCN)C(C)C)C(=O)NC(CC(N)=O)C(=O)O. The number of primary amides is 1. The molecule has 0 rings (SSSR count). The third-order valence-corrected chi connectivity index (χ3v) is 5.46. The van der Waals surface area contributed by atoms with Gasteiger partial charge in [0.05, 0.1) is 12.5 Å². The van der Waals surface area contributed by atoms with Crippen LogP contribution in [0.15, 0.2) is 0 Å². The highest BCUT2D eigenvalue weighted by atomic mass is 32.2. The summed E-state index contributed by atoms with van der Waals surface area (Å²) in [7, 11) is 0. The Balaban J connectivity index is 5.32. The molecule has 0 fully saturated rings. The second-order valence-corrected chi connectivity index (χ2v) is 9.02. The molecule has 0 saturated heterocycles. The van der Waals surface area contributed by atoms with E-state index >= 15 is 0 Å². The average Bonchev–Trinajstić information content (AvgIpc) is 2.73. The highest BCUT2D eigenvalue weighted by Crippen LogP contribution is 2.08. The number of amides is 4. The lowest BCUT2D eigenvalue weighted by molar-refractivity contribution is -0.143. The lowest BCUT2D eigenvalue weighted by Gasteiger charge is -2.27. The van der Waals surface area contributed by atoms with Crippen LogP contribution in [0.2, 0.25) is 0 Å². The number of aliphatic carboxylic acids is 1. The number of hydrogen-bond donors (Lipinski definition) is 7. The Morgan fingerprint density at radius 3 is 2.00 bits per heavy atom. The van der Waals surface area contributed by atoms with Gasteiger partial charge in [0.25, 0.3) is 0 Å². The smallest absolute Gasteiger partial charge is 0.326 e. The van der Waals surface area contributed by atoms with Crippen molar-refractivity contribution in [2.24, 2.45) is 23.1 Å². The van der Waals surface area contributed by atoms with Gasteiger partial charge in [0, 0.05) is 0 Å². The van der Waals surface area contributed by atoms with E-state index in [1.807, 2.05) is 6.26 Å². The first-order valence-electron chi connectivity index (χ1n) is 10.8. The van der Waals surface area contributed by atoms with Crippen molar-refractivity contribution in [2.45, 2.75) is 70.1 Å². The number of carboxylic acid groups (broad SMARTS) is 1. The van der Waals surface area contributed by atoms with Crippen molar-refractivity contribution >= 4 is 41.4 Å². The number of carboxylic acids is 1. The summed E-state index contributed by atoms with van der Waals surface area (Å²) >= 11 is 1.43. The molecule has 0 aliphatic carbocycles. The van der Waals surface area contributed by atoms with Crippen LogP contribution in [-0.2, 0) is 24.0 Å². The summed E-state index contributed by atoms with van der Waals surface area (Å²) in [5.74, 6) is -3.98. The van der Waals surface area contributed by atoms with Gasteiger partial charge < -0.3 is 38.3 Å². The molecule has 12 nitrogen and oxygen atoms in total. The van der Waals surface area contributed by atoms with Gasteiger partial charge in [-0.05, 0) is 43.7 Å². The summed E-state index contributed by atoms with van der Waals surface area (Å²) in [5, 5.41) is 16.7. The van der Waals surface area contributed by atoms with E-state index in [0.717, 1.165) is 6.42 Å². The quantitative estimate of drug-likeness (QED) is 0.115. The van der Waals surface area contributed by atoms with Gasteiger partial charge in [0.2, 0.25) is 23.6 Å². The normalized spacial score (nSPS) is 14.6. The number of rotatable bonds is 17. The van der Waals surface area contributed by atoms with Crippen LogP contribution in [0.25, 0.3) is 0 Å². The minimum absolute atomic E-state index is 0.207. The molecule has 0 aromatic heterocycles. The van der Waals surface area contributed by atoms with Crippen LogP contribution >= 0.6 is 11.8 Å². The standard InChI is InChI=1S/C20H38N6O6S/c1-11(2)16(26-17(28)12(22)6-4-5-8-21)19(30)24-13(7-9-33-3)18(29)25-14(20(31)32)10-15(23)27/h11-14,16H,4-10,21-22H2,1-3H3,(H2,23,27)(H,24,30)(H,25,29)(H,26,28)(H,31,32). The predicted molar refractivity (Wildman–Crippen MR) is 126 cm³/mol. The summed E-state index contributed by atoms with van der Waals surface area (Å²) in [4.78, 5) is 60.5. The number of nitrogens with two attached hydrogens (primary N) is 3. The van der Waals surface area contributed by atoms with Crippen LogP contribution in [0.4, 0.5) is 0 Å². The maximum Gasteiger partial charge on any atom is 0.326 e. The Morgan fingerprint density at radius 2 is 1.52 bits per heavy atom. The maximum absolute atomic E-state index is 12.9. The van der Waals surface area contributed by atoms with Crippen molar-refractivity contribution in [3.05, 3.63) is 0 Å². The zero-order valence-corrected chi connectivity index (χ0v) is 20.3. The van der Waals surface area contributed by atoms with Gasteiger partial charge in [-0.3, -0.25) is 19.2 Å². The van der Waals surface area contributed by atoms with Crippen LogP contribution in [0.5, 0.6) is 0 Å². The molecule has 0 bridgehead atoms. The molecule has 4 amide bonds. The first kappa shape index (κ1) is 30.6. The van der Waals surface area contributed by atoms with E-state index in [1.165, 1.54) is 11.8 Å². The third-order valence-electron chi connectivity index (χ3n) is 4.82. The minimum atomic E-state index is -1.52. The molecule has 4 atom stereocenters. The molecule has 0 aromatic rings. The van der Waals surface area contributed by atoms with Crippen LogP contribution in [-0.4, -0.2) is 77.4 Å². The molecule has 0 aliphatic heterocycles. The number of carbonyl (C=O) groups excluding carboxylic acids is 4. The van der Waals surface area contributed by atoms with Gasteiger partial charge in [0.1, 0.15) is 18.1 Å². The van der Waals surface area contributed by atoms with Gasteiger partial charge in [0.15, 0.2) is 0 Å². The van der Waals surface area contributed by atoms with E-state index in [0.29, 0.717) is 25.1 Å². The van der Waals surface area contributed by atoms with Gasteiger partial charge in [-0.1, -0.05) is 20.3 Å². The third kappa shape index (κ3) is 12.4. The van der Waals surface area contributed by atoms with Crippen molar-refractivity contribution in [3.63, 3.8) is 0 Å². The summed E-state index contributed by atoms with van der Waals surface area (Å²) < 4.78 is 0. The van der Waals surface area contributed by atoms with Crippen molar-refractivity contribution in [1.82, 2.24) is 16.0 Å². The van der Waals surface area contributed by atoms with Crippen LogP contribution < -0.4 is 33.2 Å². The minimum Gasteiger partial charge on any atom is -0.480 e. The molecule has 0 aliphatic rings. The predicted octanol–water partition coefficient (Wildman–Crippen LogP) is -1.73. The molecular weight excluding hydrogens is 452 g/mol. The molecule has 0 saturated carbocycles. The first-order chi connectivity index (χ1) is 15.4. The summed E-state index contributed by atoms with van der Waals surface area (Å²) in [5.41, 5.74) is 16.4. The van der Waals surface area contributed by atoms with Gasteiger partial charge in [-0.25, -0.2) is 4.79 Å². The van der Waals surface area contributed by atoms with Gasteiger partial charge in [-0.15, -0.1) is 0 Å². The van der Waals surface area contributed by atoms with E-state index in [2.05, 4.69) is 16.0 Å². The fourth-order valence-corrected chi connectivity index (χ4v) is 3.35. The van der Waals surface area contributed by atoms with E-state index in [4.69, 9.17) is 17.2 Å². The fraction of sp³-hybridized carbons (Fsp3) is 0.750. The molecule has 10 N–H and O–H groups in total. The lowest BCUT2D eigenvalue weighted by atomic mass is 10.0. The van der Waals surface area contributed by atoms with Crippen molar-refractivity contribution in [2.75, 3.05) is 18.6 Å². The zero-order chi connectivity index (χ0) is 25.6. The van der Waals surface area contributed by atoms with Crippen LogP contribution in [0.3, 0.4) is 0 Å². The molecule has 0 aromatic carbocycles. The van der Waals surface area contributed by atoms with E-state index < -0.39 is 60.2 Å². The Bertz CT molecular complexity index is 677. The Morgan fingerprint density at radius 1 is 0.909 bits per heavy atom. The van der Waals surface area contributed by atoms with E-state index in [9.17, 15) is 29.1 Å². The molecule has 13 heteroatoms. The highest BCUT2D eigenvalue weighted by molar-refractivity contribution is 7.98. The molecular formula is C20H38N6O6S. The Labute approximate surface area is 198 Å². The second kappa shape index (κ2) is 16.3. The van der Waals surface area contributed by atoms with Crippen molar-refractivity contribution < 1.29 is 29.1 Å². The van der Waals surface area contributed by atoms with E-state index in [1.54, 1.807) is 13.8 Å². The lowest BCUT2D eigenvalue weighted by Crippen LogP contribution is -2.58. The Hall–Kier alpha value is -2.38. The van der Waals surface area contributed by atoms with E-state index in [-0.39, 0.29) is 12.3 Å². The van der Waals surface area contributed by atoms with Gasteiger partial charge in [-0.2, -0.15) is 11.8 Å². The number of unbranched alkanes of at least 4 members (excludes halogenated alkanes) is 1. The average molecular weight is 491 g/mol. The maximum atomic E-state index is 12.9. The van der Waals surface area contributed by atoms with Crippen LogP contribution in [0, 0.1) is 5.92 Å². The largest absolute Gasteiger partial charge is 0.480 e. The monoisotopic (exact) mass is 490 g/mol. The number of carbonyl (C=O) groups is 5. The summed E-state index contributed by atoms with van der Waals surface area (Å²) in [6, 6.07) is -4.35. The highest BCUT2D eigenvalue weighted by Gasteiger charge is 2.31. The van der Waals surface area contributed by atoms with Crippen LogP contribution in [0.1, 0.15) is 46.0 Å². The molecule has 33 heavy (non-hydrogen) atoms. The fourth-order valence-electron chi connectivity index (χ4n) is 2.87. The topological polar surface area (TPSA) is 220 Å². The first-order valence-corrected chi connectivity index (χ1v) is 12.2. The Kier molecular flexibility index (Phi) is 15.1. The molecule has 0 heterocycles. The second-order valence-electron chi connectivity index (χ2n) is 8.03. The summed E-state index contributed by atoms with van der Waals surface area (Å²) in [6.07, 6.45) is 3.26. The number of nitrogens with one attached hydrogen (secondary N) is 3. The molecule has 0 radical (unpaired) electrons. The van der Waals surface area contributed by atoms with Crippen molar-refractivity contribution in [1.29, 1.82) is 0 Å². The number of thioether (sulfide) groups is 1. The van der Waals surface area contributed by atoms with Gasteiger partial charge >= 0.3 is 5.97 Å². The molecule has 190 valence electrons. The zero-order valence-electron chi connectivity index (χ0n) is 19.5. The van der Waals surface area contributed by atoms with Crippen molar-refractivity contribution in [3.8, 4) is 0 Å². The summed E-state index contributed by atoms with van der Waals surface area (Å²) in [6.45, 7) is 3.95. The number of hydrogen-bond acceptors (Lipinski definition) is 8. The molecule has 4 unspecified atom stereocenters. The molecule has 0 spiro atoms.